The molecule has 0 heterocycles. The Morgan fingerprint density at radius 1 is 0.944 bits per heavy atom. The maximum atomic E-state index is 10.0. The summed E-state index contributed by atoms with van der Waals surface area (Å²) in [5.41, 5.74) is 0. The predicted octanol–water partition coefficient (Wildman–Crippen LogP) is 2.32. The molecule has 0 bridgehead atoms. The van der Waals surface area contributed by atoms with Crippen LogP contribution >= 0.6 is 23.5 Å². The van der Waals surface area contributed by atoms with Crippen LogP contribution in [0.2, 0.25) is 0 Å². The van der Waals surface area contributed by atoms with E-state index in [2.05, 4.69) is 24.1 Å². The van der Waals surface area contributed by atoms with Gasteiger partial charge in [0.25, 0.3) is 0 Å². The van der Waals surface area contributed by atoms with Gasteiger partial charge in [-0.15, -0.1) is 0 Å². The summed E-state index contributed by atoms with van der Waals surface area (Å²) in [6.45, 7) is 8.99. The van der Waals surface area contributed by atoms with Gasteiger partial charge >= 0.3 is 0 Å². The summed E-state index contributed by atoms with van der Waals surface area (Å²) in [6, 6.07) is 0. The minimum Gasteiger partial charge on any atom is -0.358 e. The van der Waals surface area contributed by atoms with Gasteiger partial charge in [0.1, 0.15) is 0 Å². The highest BCUT2D eigenvalue weighted by Crippen LogP contribution is 2.07. The normalized spacial score (nSPS) is 10.8. The quantitative estimate of drug-likeness (QED) is 0.393. The molecule has 0 unspecified atom stereocenters. The Morgan fingerprint density at radius 3 is 2.11 bits per heavy atom. The van der Waals surface area contributed by atoms with Crippen molar-refractivity contribution in [1.82, 2.24) is 10.2 Å². The topological polar surface area (TPSA) is 32.3 Å². The third kappa shape index (κ3) is 12.6. The first-order valence-electron chi connectivity index (χ1n) is 6.90. The molecule has 0 radical (unpaired) electrons. The number of amides is 1. The molecule has 0 spiro atoms. The van der Waals surface area contributed by atoms with Gasteiger partial charge in [-0.05, 0) is 25.9 Å². The molecule has 108 valence electrons. The Labute approximate surface area is 121 Å². The molecule has 0 aromatic rings. The first kappa shape index (κ1) is 18.1. The lowest BCUT2D eigenvalue weighted by Crippen LogP contribution is -2.27. The number of hydrogen-bond acceptors (Lipinski definition) is 4. The lowest BCUT2D eigenvalue weighted by Gasteiger charge is -2.20. The summed E-state index contributed by atoms with van der Waals surface area (Å²) in [7, 11) is 0. The van der Waals surface area contributed by atoms with E-state index in [9.17, 15) is 4.79 Å². The van der Waals surface area contributed by atoms with Crippen molar-refractivity contribution in [3.8, 4) is 0 Å². The zero-order chi connectivity index (χ0) is 13.5. The summed E-state index contributed by atoms with van der Waals surface area (Å²) >= 11 is 3.96. The molecule has 5 heteroatoms. The van der Waals surface area contributed by atoms with Crippen molar-refractivity contribution < 1.29 is 4.79 Å². The Kier molecular flexibility index (Phi) is 15.3. The Hall–Kier alpha value is 0.130. The molecular weight excluding hydrogens is 264 g/mol. The van der Waals surface area contributed by atoms with E-state index < -0.39 is 0 Å². The second-order valence-corrected chi connectivity index (χ2v) is 6.59. The highest BCUT2D eigenvalue weighted by molar-refractivity contribution is 8.02. The van der Waals surface area contributed by atoms with Gasteiger partial charge in [0.2, 0.25) is 6.41 Å². The van der Waals surface area contributed by atoms with Crippen LogP contribution in [0, 0.1) is 0 Å². The van der Waals surface area contributed by atoms with E-state index in [1.165, 1.54) is 49.7 Å². The highest BCUT2D eigenvalue weighted by Gasteiger charge is 2.01. The molecule has 0 atom stereocenters. The SMILES string of the molecule is CCCN(CCC)CCSCCSCCNC=O. The van der Waals surface area contributed by atoms with Crippen LogP contribution in [0.4, 0.5) is 0 Å². The van der Waals surface area contributed by atoms with Crippen LogP contribution in [0.1, 0.15) is 26.7 Å². The number of thioether (sulfide) groups is 2. The van der Waals surface area contributed by atoms with Gasteiger partial charge in [0.15, 0.2) is 0 Å². The van der Waals surface area contributed by atoms with E-state index in [1.54, 1.807) is 0 Å². The predicted molar refractivity (Wildman–Crippen MR) is 85.7 cm³/mol. The van der Waals surface area contributed by atoms with Gasteiger partial charge in [-0.1, -0.05) is 13.8 Å². The number of nitrogens with zero attached hydrogens (tertiary/aromatic N) is 1. The maximum absolute atomic E-state index is 10.0. The Bertz CT molecular complexity index is 176. The summed E-state index contributed by atoms with van der Waals surface area (Å²) in [5.74, 6) is 4.68. The van der Waals surface area contributed by atoms with Crippen molar-refractivity contribution >= 4 is 29.9 Å². The molecule has 0 aliphatic heterocycles. The first-order valence-corrected chi connectivity index (χ1v) is 9.20. The molecule has 18 heavy (non-hydrogen) atoms. The third-order valence-corrected chi connectivity index (χ3v) is 4.69. The fraction of sp³-hybridized carbons (Fsp3) is 0.923. The number of carbonyl (C=O) groups excluding carboxylic acids is 1. The Morgan fingerprint density at radius 2 is 1.56 bits per heavy atom. The second-order valence-electron chi connectivity index (χ2n) is 4.14. The molecule has 3 nitrogen and oxygen atoms in total. The largest absolute Gasteiger partial charge is 0.358 e. The smallest absolute Gasteiger partial charge is 0.207 e. The van der Waals surface area contributed by atoms with Gasteiger partial charge in [-0.3, -0.25) is 4.79 Å². The van der Waals surface area contributed by atoms with Crippen molar-refractivity contribution in [3.05, 3.63) is 0 Å². The van der Waals surface area contributed by atoms with Crippen molar-refractivity contribution in [3.63, 3.8) is 0 Å². The fourth-order valence-corrected chi connectivity index (χ4v) is 3.67. The molecule has 0 rings (SSSR count). The summed E-state index contributed by atoms with van der Waals surface area (Å²) in [6.07, 6.45) is 3.28. The van der Waals surface area contributed by atoms with E-state index in [4.69, 9.17) is 0 Å². The van der Waals surface area contributed by atoms with Gasteiger partial charge < -0.3 is 10.2 Å². The van der Waals surface area contributed by atoms with Crippen molar-refractivity contribution in [2.24, 2.45) is 0 Å². The van der Waals surface area contributed by atoms with Gasteiger partial charge in [0.05, 0.1) is 0 Å². The van der Waals surface area contributed by atoms with Crippen molar-refractivity contribution in [2.75, 3.05) is 49.2 Å². The second kappa shape index (κ2) is 15.2. The number of carbonyl (C=O) groups is 1. The highest BCUT2D eigenvalue weighted by atomic mass is 32.2. The van der Waals surface area contributed by atoms with Gasteiger partial charge in [-0.2, -0.15) is 23.5 Å². The fourth-order valence-electron chi connectivity index (χ4n) is 1.67. The molecule has 0 saturated heterocycles. The van der Waals surface area contributed by atoms with Crippen molar-refractivity contribution in [2.45, 2.75) is 26.7 Å². The zero-order valence-electron chi connectivity index (χ0n) is 11.8. The van der Waals surface area contributed by atoms with E-state index in [0.717, 1.165) is 18.7 Å². The van der Waals surface area contributed by atoms with E-state index in [1.807, 2.05) is 23.5 Å². The average Bonchev–Trinajstić information content (AvgIpc) is 2.37. The van der Waals surface area contributed by atoms with Crippen molar-refractivity contribution in [1.29, 1.82) is 0 Å². The lowest BCUT2D eigenvalue weighted by molar-refractivity contribution is -0.109. The molecule has 0 aromatic heterocycles. The van der Waals surface area contributed by atoms with Crippen LogP contribution in [0.3, 0.4) is 0 Å². The monoisotopic (exact) mass is 292 g/mol. The molecule has 0 aromatic carbocycles. The molecular formula is C13H28N2OS2. The number of rotatable bonds is 14. The van der Waals surface area contributed by atoms with Crippen LogP contribution in [0.15, 0.2) is 0 Å². The average molecular weight is 293 g/mol. The van der Waals surface area contributed by atoms with Crippen LogP contribution in [0.5, 0.6) is 0 Å². The van der Waals surface area contributed by atoms with Crippen LogP contribution < -0.4 is 5.32 Å². The third-order valence-electron chi connectivity index (χ3n) is 2.48. The summed E-state index contributed by atoms with van der Waals surface area (Å²) in [4.78, 5) is 12.6. The zero-order valence-corrected chi connectivity index (χ0v) is 13.5. The van der Waals surface area contributed by atoms with Crippen LogP contribution in [-0.2, 0) is 4.79 Å². The summed E-state index contributed by atoms with van der Waals surface area (Å²) < 4.78 is 0. The number of nitrogens with one attached hydrogen (secondary N) is 1. The van der Waals surface area contributed by atoms with Crippen LogP contribution in [0.25, 0.3) is 0 Å². The summed E-state index contributed by atoms with van der Waals surface area (Å²) in [5, 5.41) is 2.68. The molecule has 0 saturated carbocycles. The van der Waals surface area contributed by atoms with Crippen LogP contribution in [-0.4, -0.2) is 60.5 Å². The van der Waals surface area contributed by atoms with E-state index in [-0.39, 0.29) is 0 Å². The van der Waals surface area contributed by atoms with Gasteiger partial charge in [-0.25, -0.2) is 0 Å². The molecule has 0 fully saturated rings. The lowest BCUT2D eigenvalue weighted by atomic mass is 10.3. The molecule has 1 N–H and O–H groups in total. The molecule has 1 amide bonds. The van der Waals surface area contributed by atoms with E-state index in [0.29, 0.717) is 0 Å². The standard InChI is InChI=1S/C13H28N2OS2/c1-3-6-15(7-4-2)8-10-18-12-11-17-9-5-14-13-16/h13H,3-12H2,1-2H3,(H,14,16). The maximum Gasteiger partial charge on any atom is 0.207 e. The van der Waals surface area contributed by atoms with Gasteiger partial charge in [0, 0.05) is 36.1 Å². The molecule has 0 aliphatic rings. The minimum absolute atomic E-state index is 0.769. The number of hydrogen-bond donors (Lipinski definition) is 1. The Balaban J connectivity index is 3.24. The van der Waals surface area contributed by atoms with E-state index >= 15 is 0 Å². The first-order chi connectivity index (χ1) is 8.85. The molecule has 0 aliphatic carbocycles. The minimum atomic E-state index is 0.769.